The number of amides is 1. The Morgan fingerprint density at radius 3 is 2.33 bits per heavy atom. The Hall–Kier alpha value is -3.13. The van der Waals surface area contributed by atoms with Crippen molar-refractivity contribution in [1.82, 2.24) is 9.62 Å². The highest BCUT2D eigenvalue weighted by Gasteiger charge is 2.30. The number of hydrogen-bond donors (Lipinski definition) is 1. The molecule has 0 saturated carbocycles. The second-order valence-electron chi connectivity index (χ2n) is 8.48. The molecular formula is C26H29BrN2O6S. The number of carbonyl (C=O) groups excluding carboxylic acids is 2. The van der Waals surface area contributed by atoms with Gasteiger partial charge in [0.1, 0.15) is 12.2 Å². The Balaban J connectivity index is 2.20. The van der Waals surface area contributed by atoms with Gasteiger partial charge in [-0.1, -0.05) is 52.0 Å². The van der Waals surface area contributed by atoms with E-state index in [1.807, 2.05) is 0 Å². The van der Waals surface area contributed by atoms with Crippen molar-refractivity contribution in [2.24, 2.45) is 0 Å². The van der Waals surface area contributed by atoms with Crippen molar-refractivity contribution in [3.63, 3.8) is 0 Å². The first kappa shape index (κ1) is 29.1. The van der Waals surface area contributed by atoms with Crippen LogP contribution in [-0.2, 0) is 19.5 Å². The van der Waals surface area contributed by atoms with Gasteiger partial charge in [0.2, 0.25) is 10.0 Å². The summed E-state index contributed by atoms with van der Waals surface area (Å²) in [6.45, 7) is 8.42. The molecule has 0 saturated heterocycles. The zero-order valence-corrected chi connectivity index (χ0v) is 22.8. The lowest BCUT2D eigenvalue weighted by atomic mass is 10.2. The topological polar surface area (TPSA) is 102 Å². The minimum absolute atomic E-state index is 0.0389. The molecule has 0 bridgehead atoms. The molecule has 10 heteroatoms. The quantitative estimate of drug-likeness (QED) is 0.270. The van der Waals surface area contributed by atoms with E-state index in [2.05, 4.69) is 39.7 Å². The Morgan fingerprint density at radius 2 is 1.75 bits per heavy atom. The van der Waals surface area contributed by atoms with E-state index >= 15 is 0 Å². The molecule has 0 aromatic heterocycles. The van der Waals surface area contributed by atoms with Crippen molar-refractivity contribution in [1.29, 1.82) is 0 Å². The third kappa shape index (κ3) is 9.15. The highest BCUT2D eigenvalue weighted by molar-refractivity contribution is 9.10. The lowest BCUT2D eigenvalue weighted by Crippen LogP contribution is -2.42. The fourth-order valence-corrected chi connectivity index (χ4v) is 4.59. The Bertz CT molecular complexity index is 1210. The fraction of sp³-hybridized carbons (Fsp3) is 0.308. The van der Waals surface area contributed by atoms with Crippen LogP contribution in [0.2, 0.25) is 0 Å². The summed E-state index contributed by atoms with van der Waals surface area (Å²) in [7, 11) is -4.03. The molecule has 2 rings (SSSR count). The number of rotatable bonds is 9. The van der Waals surface area contributed by atoms with Crippen LogP contribution in [0.4, 0.5) is 4.79 Å². The summed E-state index contributed by atoms with van der Waals surface area (Å²) in [6, 6.07) is 13.6. The number of esters is 1. The normalized spacial score (nSPS) is 12.1. The number of alkyl carbamates (subject to hydrolysis) is 1. The van der Waals surface area contributed by atoms with E-state index in [9.17, 15) is 18.0 Å². The van der Waals surface area contributed by atoms with Crippen LogP contribution >= 0.6 is 15.9 Å². The molecule has 1 amide bonds. The number of benzene rings is 2. The van der Waals surface area contributed by atoms with Gasteiger partial charge in [-0.25, -0.2) is 18.0 Å². The van der Waals surface area contributed by atoms with Gasteiger partial charge in [-0.15, -0.1) is 6.58 Å². The minimum Gasteiger partial charge on any atom is -0.460 e. The van der Waals surface area contributed by atoms with Crippen molar-refractivity contribution in [2.45, 2.75) is 37.3 Å². The van der Waals surface area contributed by atoms with Crippen molar-refractivity contribution in [2.75, 3.05) is 19.7 Å². The van der Waals surface area contributed by atoms with E-state index < -0.39 is 33.7 Å². The van der Waals surface area contributed by atoms with E-state index in [4.69, 9.17) is 9.47 Å². The third-order valence-corrected chi connectivity index (χ3v) is 6.95. The summed E-state index contributed by atoms with van der Waals surface area (Å²) in [4.78, 5) is 24.2. The molecule has 0 spiro atoms. The summed E-state index contributed by atoms with van der Waals surface area (Å²) < 4.78 is 39.2. The first-order valence-corrected chi connectivity index (χ1v) is 13.2. The molecule has 1 N–H and O–H groups in total. The maximum Gasteiger partial charge on any atom is 0.408 e. The number of hydrogen-bond acceptors (Lipinski definition) is 6. The molecule has 1 atom stereocenters. The molecule has 0 fully saturated rings. The van der Waals surface area contributed by atoms with Gasteiger partial charge in [-0.05, 0) is 57.2 Å². The number of carbonyl (C=O) groups is 2. The molecule has 2 aromatic rings. The molecule has 0 heterocycles. The summed E-state index contributed by atoms with van der Waals surface area (Å²) in [5.41, 5.74) is -0.308. The van der Waals surface area contributed by atoms with Crippen LogP contribution in [0.1, 0.15) is 31.1 Å². The monoisotopic (exact) mass is 576 g/mol. The van der Waals surface area contributed by atoms with Gasteiger partial charge < -0.3 is 14.8 Å². The van der Waals surface area contributed by atoms with Gasteiger partial charge in [-0.2, -0.15) is 4.31 Å². The van der Waals surface area contributed by atoms with E-state index in [1.54, 1.807) is 63.2 Å². The summed E-state index contributed by atoms with van der Waals surface area (Å²) in [5, 5.41) is 2.49. The molecule has 0 radical (unpaired) electrons. The average Bonchev–Trinajstić information content (AvgIpc) is 2.82. The zero-order valence-electron chi connectivity index (χ0n) is 20.4. The Morgan fingerprint density at radius 1 is 1.11 bits per heavy atom. The predicted molar refractivity (Wildman–Crippen MR) is 141 cm³/mol. The number of nitrogens with zero attached hydrogens (tertiary/aromatic N) is 1. The standard InChI is InChI=1S/C26H29BrN2O6S/c1-5-22(19-34-24(30)20-11-7-6-8-12-20)29(36(32,33)23-15-13-21(27)14-16-23)18-10-9-17-28-25(31)35-26(2,3)4/h5-8,11-16,22H,1,17-19H2,2-4H3,(H,28,31). The fourth-order valence-electron chi connectivity index (χ4n) is 2.84. The Labute approximate surface area is 220 Å². The van der Waals surface area contributed by atoms with Crippen LogP contribution in [0.15, 0.2) is 76.6 Å². The lowest BCUT2D eigenvalue weighted by molar-refractivity contribution is 0.0455. The second kappa shape index (κ2) is 13.3. The van der Waals surface area contributed by atoms with Gasteiger partial charge in [0.05, 0.1) is 29.6 Å². The molecule has 0 aliphatic carbocycles. The first-order chi connectivity index (χ1) is 16.9. The maximum absolute atomic E-state index is 13.5. The van der Waals surface area contributed by atoms with Crippen LogP contribution in [0, 0.1) is 11.8 Å². The van der Waals surface area contributed by atoms with Gasteiger partial charge in [0.15, 0.2) is 0 Å². The predicted octanol–water partition coefficient (Wildman–Crippen LogP) is 4.38. The third-order valence-electron chi connectivity index (χ3n) is 4.54. The second-order valence-corrected chi connectivity index (χ2v) is 11.3. The van der Waals surface area contributed by atoms with E-state index in [0.717, 1.165) is 8.78 Å². The van der Waals surface area contributed by atoms with Gasteiger partial charge in [0.25, 0.3) is 0 Å². The van der Waals surface area contributed by atoms with E-state index in [-0.39, 0.29) is 24.6 Å². The van der Waals surface area contributed by atoms with E-state index in [0.29, 0.717) is 5.56 Å². The largest absolute Gasteiger partial charge is 0.460 e. The first-order valence-electron chi connectivity index (χ1n) is 11.0. The van der Waals surface area contributed by atoms with Crippen molar-refractivity contribution >= 4 is 38.0 Å². The highest BCUT2D eigenvalue weighted by Crippen LogP contribution is 2.21. The van der Waals surface area contributed by atoms with Crippen LogP contribution < -0.4 is 5.32 Å². The van der Waals surface area contributed by atoms with Gasteiger partial charge >= 0.3 is 12.1 Å². The molecule has 1 unspecified atom stereocenters. The average molecular weight is 577 g/mol. The summed E-state index contributed by atoms with van der Waals surface area (Å²) in [5.74, 6) is 4.88. The molecule has 0 aliphatic heterocycles. The zero-order chi connectivity index (χ0) is 26.8. The highest BCUT2D eigenvalue weighted by atomic mass is 79.9. The molecule has 36 heavy (non-hydrogen) atoms. The lowest BCUT2D eigenvalue weighted by Gasteiger charge is -2.27. The smallest absolute Gasteiger partial charge is 0.408 e. The molecule has 0 aliphatic rings. The maximum atomic E-state index is 13.5. The Kier molecular flexibility index (Phi) is 10.7. The van der Waals surface area contributed by atoms with Gasteiger partial charge in [-0.3, -0.25) is 0 Å². The number of halogens is 1. The molecule has 192 valence electrons. The number of sulfonamides is 1. The summed E-state index contributed by atoms with van der Waals surface area (Å²) in [6.07, 6.45) is 0.753. The van der Waals surface area contributed by atoms with Gasteiger partial charge in [0, 0.05) is 4.47 Å². The van der Waals surface area contributed by atoms with Crippen molar-refractivity contribution in [3.05, 3.63) is 77.3 Å². The SMILES string of the molecule is C=CC(COC(=O)c1ccccc1)N(CC#CCNC(=O)OC(C)(C)C)S(=O)(=O)c1ccc(Br)cc1. The van der Waals surface area contributed by atoms with Crippen LogP contribution in [0.5, 0.6) is 0 Å². The van der Waals surface area contributed by atoms with E-state index in [1.165, 1.54) is 18.2 Å². The number of nitrogens with one attached hydrogen (secondary N) is 1. The molecule has 2 aromatic carbocycles. The molecular weight excluding hydrogens is 548 g/mol. The van der Waals surface area contributed by atoms with Crippen LogP contribution in [0.3, 0.4) is 0 Å². The summed E-state index contributed by atoms with van der Waals surface area (Å²) >= 11 is 3.29. The van der Waals surface area contributed by atoms with Crippen LogP contribution in [0.25, 0.3) is 0 Å². The van der Waals surface area contributed by atoms with Crippen molar-refractivity contribution < 1.29 is 27.5 Å². The van der Waals surface area contributed by atoms with Crippen molar-refractivity contribution in [3.8, 4) is 11.8 Å². The number of ether oxygens (including phenoxy) is 2. The molecule has 8 nitrogen and oxygen atoms in total. The minimum atomic E-state index is -4.03. The van der Waals surface area contributed by atoms with Crippen LogP contribution in [-0.4, -0.2) is 56.1 Å².